The number of nitrogens with zero attached hydrogens (tertiary/aromatic N) is 1. The number of aryl methyl sites for hydroxylation is 1. The summed E-state index contributed by atoms with van der Waals surface area (Å²) < 4.78 is 23.2. The largest absolute Gasteiger partial charge is 0.496 e. The minimum atomic E-state index is -0.569. The van der Waals surface area contributed by atoms with Crippen molar-refractivity contribution in [3.63, 3.8) is 0 Å². The average Bonchev–Trinajstić information content (AvgIpc) is 2.92. The van der Waals surface area contributed by atoms with E-state index in [-0.39, 0.29) is 24.1 Å². The maximum Gasteiger partial charge on any atom is 0.303 e. The van der Waals surface area contributed by atoms with Gasteiger partial charge in [0.25, 0.3) is 0 Å². The Morgan fingerprint density at radius 2 is 1.56 bits per heavy atom. The van der Waals surface area contributed by atoms with Crippen LogP contribution in [0.1, 0.15) is 69.5 Å². The van der Waals surface area contributed by atoms with Crippen molar-refractivity contribution in [3.8, 4) is 22.6 Å². The predicted molar refractivity (Wildman–Crippen MR) is 146 cm³/mol. The van der Waals surface area contributed by atoms with Crippen LogP contribution in [-0.2, 0) is 25.5 Å². The summed E-state index contributed by atoms with van der Waals surface area (Å²) in [5.74, 6) is 0.701. The minimum absolute atomic E-state index is 0.101. The van der Waals surface area contributed by atoms with E-state index in [1.807, 2.05) is 12.1 Å². The molecular weight excluding hydrogens is 498 g/mol. The van der Waals surface area contributed by atoms with Gasteiger partial charge in [-0.05, 0) is 67.5 Å². The van der Waals surface area contributed by atoms with Crippen LogP contribution >= 0.6 is 0 Å². The van der Waals surface area contributed by atoms with Gasteiger partial charge in [0.1, 0.15) is 17.6 Å². The third-order valence-electron chi connectivity index (χ3n) is 8.50. The zero-order chi connectivity index (χ0) is 27.7. The lowest BCUT2D eigenvalue weighted by Gasteiger charge is -2.54. The number of carbonyl (C=O) groups is 2. The van der Waals surface area contributed by atoms with E-state index in [9.17, 15) is 14.7 Å². The van der Waals surface area contributed by atoms with Crippen LogP contribution in [0.3, 0.4) is 0 Å². The smallest absolute Gasteiger partial charge is 0.303 e. The quantitative estimate of drug-likeness (QED) is 0.566. The van der Waals surface area contributed by atoms with E-state index in [0.29, 0.717) is 19.3 Å². The van der Waals surface area contributed by atoms with Crippen LogP contribution in [0.2, 0.25) is 0 Å². The molecule has 0 unspecified atom stereocenters. The number of rotatable bonds is 4. The zero-order valence-electron chi connectivity index (χ0n) is 23.2. The van der Waals surface area contributed by atoms with Crippen LogP contribution in [-0.4, -0.2) is 66.6 Å². The molecule has 6 atom stereocenters. The van der Waals surface area contributed by atoms with Gasteiger partial charge >= 0.3 is 11.9 Å². The van der Waals surface area contributed by atoms with Crippen molar-refractivity contribution in [2.24, 2.45) is 0 Å². The normalized spacial score (nSPS) is 28.5. The Labute approximate surface area is 230 Å². The molecule has 4 bridgehead atoms. The molecule has 8 heteroatoms. The topological polar surface area (TPSA) is 94.5 Å². The van der Waals surface area contributed by atoms with E-state index in [1.165, 1.54) is 13.8 Å². The Kier molecular flexibility index (Phi) is 8.14. The second-order valence-corrected chi connectivity index (χ2v) is 11.0. The average molecular weight is 538 g/mol. The molecule has 1 N–H and O–H groups in total. The fourth-order valence-electron chi connectivity index (χ4n) is 6.93. The molecule has 0 radical (unpaired) electrons. The second-order valence-electron chi connectivity index (χ2n) is 11.0. The molecule has 2 aromatic rings. The minimum Gasteiger partial charge on any atom is -0.496 e. The SMILES string of the molecule is COc1ccc2cc1-c1cc(ccc1OC)[C@H]1C[C@H](OC(C)=O)[C@@H](OC(C)=O)[C@H]3CCC[C@@H](C[C@H](O)CC2)N13. The van der Waals surface area contributed by atoms with Crippen LogP contribution in [0, 0.1) is 0 Å². The molecule has 5 rings (SSSR count). The molecule has 210 valence electrons. The summed E-state index contributed by atoms with van der Waals surface area (Å²) in [6.45, 7) is 2.80. The van der Waals surface area contributed by atoms with Gasteiger partial charge in [0.2, 0.25) is 0 Å². The summed E-state index contributed by atoms with van der Waals surface area (Å²) in [4.78, 5) is 26.8. The van der Waals surface area contributed by atoms with E-state index in [1.54, 1.807) is 14.2 Å². The molecule has 3 heterocycles. The molecule has 0 spiro atoms. The van der Waals surface area contributed by atoms with Crippen LogP contribution < -0.4 is 9.47 Å². The van der Waals surface area contributed by atoms with Gasteiger partial charge < -0.3 is 24.1 Å². The van der Waals surface area contributed by atoms with Gasteiger partial charge in [-0.2, -0.15) is 0 Å². The monoisotopic (exact) mass is 537 g/mol. The van der Waals surface area contributed by atoms with Crippen LogP contribution in [0.5, 0.6) is 11.5 Å². The Balaban J connectivity index is 1.68. The third kappa shape index (κ3) is 5.63. The molecule has 3 aliphatic heterocycles. The highest BCUT2D eigenvalue weighted by Gasteiger charge is 2.50. The summed E-state index contributed by atoms with van der Waals surface area (Å²) in [6.07, 6.45) is 3.59. The molecule has 2 fully saturated rings. The van der Waals surface area contributed by atoms with E-state index >= 15 is 0 Å². The molecule has 2 aromatic carbocycles. The van der Waals surface area contributed by atoms with E-state index < -0.39 is 24.3 Å². The number of aliphatic hydroxyl groups is 1. The first-order chi connectivity index (χ1) is 18.8. The maximum atomic E-state index is 12.2. The molecular formula is C31H39NO7. The summed E-state index contributed by atoms with van der Waals surface area (Å²) in [7, 11) is 3.33. The first-order valence-corrected chi connectivity index (χ1v) is 13.9. The van der Waals surface area contributed by atoms with Crippen molar-refractivity contribution in [3.05, 3.63) is 47.5 Å². The van der Waals surface area contributed by atoms with Crippen molar-refractivity contribution in [2.75, 3.05) is 14.2 Å². The van der Waals surface area contributed by atoms with Crippen LogP contribution in [0.25, 0.3) is 11.1 Å². The van der Waals surface area contributed by atoms with E-state index in [4.69, 9.17) is 18.9 Å². The number of carbonyl (C=O) groups excluding carboxylic acids is 2. The van der Waals surface area contributed by atoms with Crippen molar-refractivity contribution in [1.29, 1.82) is 0 Å². The maximum absolute atomic E-state index is 12.2. The number of methoxy groups -OCH3 is 2. The van der Waals surface area contributed by atoms with Gasteiger partial charge in [-0.3, -0.25) is 14.5 Å². The fourth-order valence-corrected chi connectivity index (χ4v) is 6.93. The Morgan fingerprint density at radius 3 is 2.26 bits per heavy atom. The van der Waals surface area contributed by atoms with Crippen LogP contribution in [0.15, 0.2) is 36.4 Å². The van der Waals surface area contributed by atoms with Crippen molar-refractivity contribution >= 4 is 11.9 Å². The van der Waals surface area contributed by atoms with Crippen molar-refractivity contribution in [1.82, 2.24) is 4.90 Å². The first-order valence-electron chi connectivity index (χ1n) is 13.9. The second kappa shape index (κ2) is 11.6. The number of benzene rings is 2. The van der Waals surface area contributed by atoms with E-state index in [2.05, 4.69) is 29.2 Å². The highest BCUT2D eigenvalue weighted by atomic mass is 16.6. The number of aliphatic hydroxyl groups excluding tert-OH is 1. The van der Waals surface area contributed by atoms with Crippen molar-refractivity contribution < 1.29 is 33.6 Å². The summed E-state index contributed by atoms with van der Waals surface area (Å²) >= 11 is 0. The fraction of sp³-hybridized carbons (Fsp3) is 0.548. The zero-order valence-corrected chi connectivity index (χ0v) is 23.2. The van der Waals surface area contributed by atoms with Gasteiger partial charge in [0, 0.05) is 43.5 Å². The first kappa shape index (κ1) is 27.5. The molecule has 39 heavy (non-hydrogen) atoms. The molecule has 3 aliphatic rings. The summed E-state index contributed by atoms with van der Waals surface area (Å²) in [5, 5.41) is 11.2. The number of esters is 2. The Hall–Kier alpha value is -3.10. The lowest BCUT2D eigenvalue weighted by molar-refractivity contribution is -0.191. The van der Waals surface area contributed by atoms with Gasteiger partial charge in [0.15, 0.2) is 6.10 Å². The molecule has 0 amide bonds. The Bertz CT molecular complexity index is 1210. The molecule has 0 saturated carbocycles. The number of hydrogen-bond donors (Lipinski definition) is 1. The summed E-state index contributed by atoms with van der Waals surface area (Å²) in [6, 6.07) is 12.2. The third-order valence-corrected chi connectivity index (χ3v) is 8.50. The highest BCUT2D eigenvalue weighted by Crippen LogP contribution is 2.47. The van der Waals surface area contributed by atoms with Crippen LogP contribution in [0.4, 0.5) is 0 Å². The van der Waals surface area contributed by atoms with Gasteiger partial charge in [-0.25, -0.2) is 0 Å². The number of ether oxygens (including phenoxy) is 4. The molecule has 2 saturated heterocycles. The number of piperidine rings is 2. The number of fused-ring (bicyclic) bond motifs is 6. The standard InChI is InChI=1S/C31H39NO7/c1-18(33)38-30-17-27-21-10-13-29(37-4)25(15-21)24-14-20(9-12-28(24)36-3)8-11-23(35)16-22-6-5-7-26(32(22)27)31(30)39-19(2)34/h9-10,12-15,22-23,26-27,30-31,35H,5-8,11,16-17H2,1-4H3/t22-,23+,26+,27+,30-,31-/m0/s1. The summed E-state index contributed by atoms with van der Waals surface area (Å²) in [5.41, 5.74) is 4.03. The van der Waals surface area contributed by atoms with Crippen molar-refractivity contribution in [2.45, 2.75) is 95.2 Å². The Morgan fingerprint density at radius 1 is 0.872 bits per heavy atom. The molecule has 0 aromatic heterocycles. The lowest BCUT2D eigenvalue weighted by atomic mass is 9.78. The number of hydrogen-bond acceptors (Lipinski definition) is 8. The predicted octanol–water partition coefficient (Wildman–Crippen LogP) is 4.60. The molecule has 8 nitrogen and oxygen atoms in total. The molecule has 0 aliphatic carbocycles. The van der Waals surface area contributed by atoms with E-state index in [0.717, 1.165) is 59.4 Å². The lowest BCUT2D eigenvalue weighted by Crippen LogP contribution is -2.62. The highest BCUT2D eigenvalue weighted by molar-refractivity contribution is 5.77. The van der Waals surface area contributed by atoms with Gasteiger partial charge in [-0.1, -0.05) is 18.6 Å². The van der Waals surface area contributed by atoms with Gasteiger partial charge in [-0.15, -0.1) is 0 Å². The van der Waals surface area contributed by atoms with Gasteiger partial charge in [0.05, 0.1) is 26.4 Å².